The molecule has 2 aromatic rings. The lowest BCUT2D eigenvalue weighted by Crippen LogP contribution is -2.06. The van der Waals surface area contributed by atoms with Crippen LogP contribution in [0.25, 0.3) is 0 Å². The summed E-state index contributed by atoms with van der Waals surface area (Å²) in [5.74, 6) is 0. The van der Waals surface area contributed by atoms with Crippen molar-refractivity contribution in [3.05, 3.63) is 52.3 Å². The number of fused-ring (bicyclic) bond motifs is 1. The van der Waals surface area contributed by atoms with Crippen molar-refractivity contribution in [3.63, 3.8) is 0 Å². The van der Waals surface area contributed by atoms with Crippen LogP contribution in [-0.4, -0.2) is 9.78 Å². The molecule has 2 heterocycles. The molecule has 0 amide bonds. The van der Waals surface area contributed by atoms with Crippen LogP contribution in [0.4, 0.5) is 0 Å². The molecule has 0 aliphatic carbocycles. The maximum Gasteiger partial charge on any atom is 0.0807 e. The topological polar surface area (TPSA) is 29.9 Å². The maximum atomic E-state index is 5.86. The number of hydrogen-bond donors (Lipinski definition) is 1. The van der Waals surface area contributed by atoms with E-state index in [4.69, 9.17) is 11.6 Å². The minimum Gasteiger partial charge on any atom is -0.307 e. The molecule has 94 valence electrons. The molecule has 0 spiro atoms. The van der Waals surface area contributed by atoms with Crippen LogP contribution in [-0.2, 0) is 26.1 Å². The largest absolute Gasteiger partial charge is 0.307 e. The maximum absolute atomic E-state index is 5.86. The van der Waals surface area contributed by atoms with Crippen molar-refractivity contribution in [2.45, 2.75) is 32.5 Å². The summed E-state index contributed by atoms with van der Waals surface area (Å²) in [6.45, 7) is 2.86. The number of aromatic nitrogens is 2. The van der Waals surface area contributed by atoms with Crippen molar-refractivity contribution in [1.29, 1.82) is 0 Å². The molecule has 3 rings (SSSR count). The minimum absolute atomic E-state index is 0.801. The Hall–Kier alpha value is -1.32. The Morgan fingerprint density at radius 3 is 2.83 bits per heavy atom. The predicted octanol–water partition coefficient (Wildman–Crippen LogP) is 2.77. The van der Waals surface area contributed by atoms with Gasteiger partial charge in [0, 0.05) is 36.4 Å². The molecule has 0 atom stereocenters. The lowest BCUT2D eigenvalue weighted by Gasteiger charge is -2.03. The number of hydrogen-bond acceptors (Lipinski definition) is 2. The number of nitrogens with one attached hydrogen (secondary N) is 1. The average Bonchev–Trinajstić information content (AvgIpc) is 2.92. The zero-order chi connectivity index (χ0) is 12.4. The van der Waals surface area contributed by atoms with Crippen LogP contribution in [0, 0.1) is 0 Å². The number of aryl methyl sites for hydroxylation is 2. The third-order valence-corrected chi connectivity index (χ3v) is 3.55. The van der Waals surface area contributed by atoms with E-state index in [1.165, 1.54) is 16.8 Å². The lowest BCUT2D eigenvalue weighted by atomic mass is 10.1. The van der Waals surface area contributed by atoms with Gasteiger partial charge in [-0.05, 0) is 30.5 Å². The van der Waals surface area contributed by atoms with E-state index in [0.717, 1.165) is 37.5 Å². The Balaban J connectivity index is 1.53. The Morgan fingerprint density at radius 2 is 2.06 bits per heavy atom. The molecule has 0 saturated carbocycles. The summed E-state index contributed by atoms with van der Waals surface area (Å²) in [6, 6.07) is 8.08. The Labute approximate surface area is 112 Å². The van der Waals surface area contributed by atoms with E-state index in [0.29, 0.717) is 0 Å². The van der Waals surface area contributed by atoms with E-state index < -0.39 is 0 Å². The summed E-state index contributed by atoms with van der Waals surface area (Å²) in [7, 11) is 0. The molecule has 1 aromatic heterocycles. The van der Waals surface area contributed by atoms with Crippen LogP contribution in [0.3, 0.4) is 0 Å². The Kier molecular flexibility index (Phi) is 3.35. The standard InChI is InChI=1S/C14H16ClN3/c15-13-5-3-11(4-6-13)2-1-7-18-10-12-8-16-9-14(12)17-18/h3-6,10,16H,1-2,7-9H2. The normalized spacial score (nSPS) is 13.8. The van der Waals surface area contributed by atoms with Crippen molar-refractivity contribution < 1.29 is 0 Å². The molecule has 0 bridgehead atoms. The zero-order valence-corrected chi connectivity index (χ0v) is 11.0. The molecule has 1 aliphatic heterocycles. The first kappa shape index (κ1) is 11.8. The van der Waals surface area contributed by atoms with Gasteiger partial charge in [0.05, 0.1) is 5.69 Å². The van der Waals surface area contributed by atoms with Gasteiger partial charge in [0.25, 0.3) is 0 Å². The van der Waals surface area contributed by atoms with Gasteiger partial charge in [0.2, 0.25) is 0 Å². The van der Waals surface area contributed by atoms with Gasteiger partial charge in [0.1, 0.15) is 0 Å². The zero-order valence-electron chi connectivity index (χ0n) is 10.2. The first-order valence-corrected chi connectivity index (χ1v) is 6.69. The highest BCUT2D eigenvalue weighted by Gasteiger charge is 2.13. The number of rotatable bonds is 4. The average molecular weight is 262 g/mol. The monoisotopic (exact) mass is 261 g/mol. The molecule has 1 N–H and O–H groups in total. The summed E-state index contributed by atoms with van der Waals surface area (Å²) in [6.07, 6.45) is 4.34. The fourth-order valence-corrected chi connectivity index (χ4v) is 2.45. The molecule has 4 heteroatoms. The molecule has 0 radical (unpaired) electrons. The summed E-state index contributed by atoms with van der Waals surface area (Å²) >= 11 is 5.86. The van der Waals surface area contributed by atoms with Crippen molar-refractivity contribution in [3.8, 4) is 0 Å². The molecule has 0 fully saturated rings. The molecule has 3 nitrogen and oxygen atoms in total. The third kappa shape index (κ3) is 2.57. The highest BCUT2D eigenvalue weighted by atomic mass is 35.5. The smallest absolute Gasteiger partial charge is 0.0807 e. The molecule has 0 unspecified atom stereocenters. The van der Waals surface area contributed by atoms with E-state index in [2.05, 4.69) is 33.4 Å². The van der Waals surface area contributed by atoms with Gasteiger partial charge < -0.3 is 5.32 Å². The van der Waals surface area contributed by atoms with Crippen LogP contribution in [0.15, 0.2) is 30.5 Å². The van der Waals surface area contributed by atoms with Gasteiger partial charge in [-0.25, -0.2) is 0 Å². The van der Waals surface area contributed by atoms with E-state index in [9.17, 15) is 0 Å². The van der Waals surface area contributed by atoms with E-state index in [1.54, 1.807) is 0 Å². The summed E-state index contributed by atoms with van der Waals surface area (Å²) < 4.78 is 2.07. The molecular weight excluding hydrogens is 246 g/mol. The van der Waals surface area contributed by atoms with Crippen molar-refractivity contribution in [2.24, 2.45) is 0 Å². The Morgan fingerprint density at radius 1 is 1.22 bits per heavy atom. The van der Waals surface area contributed by atoms with E-state index >= 15 is 0 Å². The highest BCUT2D eigenvalue weighted by Crippen LogP contribution is 2.14. The number of benzene rings is 1. The fourth-order valence-electron chi connectivity index (χ4n) is 2.33. The predicted molar refractivity (Wildman–Crippen MR) is 72.5 cm³/mol. The number of halogens is 1. The molecular formula is C14H16ClN3. The van der Waals surface area contributed by atoms with E-state index in [-0.39, 0.29) is 0 Å². The van der Waals surface area contributed by atoms with Crippen LogP contribution in [0.2, 0.25) is 5.02 Å². The van der Waals surface area contributed by atoms with Crippen LogP contribution in [0.1, 0.15) is 23.2 Å². The molecule has 1 aromatic carbocycles. The van der Waals surface area contributed by atoms with Gasteiger partial charge in [-0.3, -0.25) is 4.68 Å². The second kappa shape index (κ2) is 5.12. The van der Waals surface area contributed by atoms with Crippen molar-refractivity contribution in [2.75, 3.05) is 0 Å². The number of nitrogens with zero attached hydrogens (tertiary/aromatic N) is 2. The first-order valence-electron chi connectivity index (χ1n) is 6.31. The molecule has 0 saturated heterocycles. The van der Waals surface area contributed by atoms with Crippen molar-refractivity contribution in [1.82, 2.24) is 15.1 Å². The Bertz CT molecular complexity index is 509. The fraction of sp³-hybridized carbons (Fsp3) is 0.357. The lowest BCUT2D eigenvalue weighted by molar-refractivity contribution is 0.563. The van der Waals surface area contributed by atoms with Gasteiger partial charge in [-0.15, -0.1) is 0 Å². The summed E-state index contributed by atoms with van der Waals surface area (Å²) in [4.78, 5) is 0. The SMILES string of the molecule is Clc1ccc(CCCn2cc3c(n2)CNC3)cc1. The van der Waals surface area contributed by atoms with Crippen LogP contribution in [0.5, 0.6) is 0 Å². The van der Waals surface area contributed by atoms with Crippen LogP contribution >= 0.6 is 11.6 Å². The van der Waals surface area contributed by atoms with Gasteiger partial charge in [0.15, 0.2) is 0 Å². The van der Waals surface area contributed by atoms with Gasteiger partial charge in [-0.2, -0.15) is 5.10 Å². The summed E-state index contributed by atoms with van der Waals surface area (Å²) in [5, 5.41) is 8.66. The molecule has 18 heavy (non-hydrogen) atoms. The second-order valence-corrected chi connectivity index (χ2v) is 5.13. The molecule has 1 aliphatic rings. The third-order valence-electron chi connectivity index (χ3n) is 3.30. The summed E-state index contributed by atoms with van der Waals surface area (Å²) in [5.41, 5.74) is 3.89. The first-order chi connectivity index (χ1) is 8.81. The highest BCUT2D eigenvalue weighted by molar-refractivity contribution is 6.30. The second-order valence-electron chi connectivity index (χ2n) is 4.70. The van der Waals surface area contributed by atoms with Gasteiger partial charge >= 0.3 is 0 Å². The van der Waals surface area contributed by atoms with Crippen molar-refractivity contribution >= 4 is 11.6 Å². The quantitative estimate of drug-likeness (QED) is 0.917. The minimum atomic E-state index is 0.801. The van der Waals surface area contributed by atoms with Crippen LogP contribution < -0.4 is 5.32 Å². The van der Waals surface area contributed by atoms with E-state index in [1.807, 2.05) is 12.1 Å². The van der Waals surface area contributed by atoms with Gasteiger partial charge in [-0.1, -0.05) is 23.7 Å².